The van der Waals surface area contributed by atoms with Gasteiger partial charge < -0.3 is 10.2 Å². The molecular formula is C26H34ClN5O2S. The Kier molecular flexibility index (Phi) is 8.46. The number of nitrogens with one attached hydrogen (secondary N) is 2. The fourth-order valence-corrected chi connectivity index (χ4v) is 6.14. The summed E-state index contributed by atoms with van der Waals surface area (Å²) in [6.45, 7) is 7.33. The van der Waals surface area contributed by atoms with E-state index in [9.17, 15) is 8.42 Å². The van der Waals surface area contributed by atoms with Gasteiger partial charge in [-0.15, -0.1) is 0 Å². The Balaban J connectivity index is 1.31. The Bertz CT molecular complexity index is 1240. The van der Waals surface area contributed by atoms with E-state index in [1.807, 2.05) is 18.2 Å². The number of para-hydroxylation sites is 1. The number of nitrogens with zero attached hydrogens (tertiary/aromatic N) is 3. The zero-order valence-electron chi connectivity index (χ0n) is 20.4. The highest BCUT2D eigenvalue weighted by Crippen LogP contribution is 2.30. The second kappa shape index (κ2) is 11.5. The van der Waals surface area contributed by atoms with Crippen LogP contribution in [0.15, 0.2) is 53.4 Å². The van der Waals surface area contributed by atoms with Crippen LogP contribution in [0.25, 0.3) is 10.9 Å². The number of rotatable bonds is 10. The molecule has 0 amide bonds. The molecule has 0 aliphatic heterocycles. The van der Waals surface area contributed by atoms with Crippen molar-refractivity contribution in [2.24, 2.45) is 11.8 Å². The Morgan fingerprint density at radius 2 is 1.63 bits per heavy atom. The average Bonchev–Trinajstić information content (AvgIpc) is 2.87. The molecule has 1 aliphatic rings. The summed E-state index contributed by atoms with van der Waals surface area (Å²) in [7, 11) is -3.54. The van der Waals surface area contributed by atoms with Gasteiger partial charge in [0.2, 0.25) is 16.0 Å². The van der Waals surface area contributed by atoms with E-state index in [2.05, 4.69) is 34.9 Å². The maximum atomic E-state index is 12.6. The van der Waals surface area contributed by atoms with E-state index in [1.54, 1.807) is 18.2 Å². The van der Waals surface area contributed by atoms with E-state index >= 15 is 0 Å². The van der Waals surface area contributed by atoms with Crippen molar-refractivity contribution in [2.75, 3.05) is 36.4 Å². The second-order valence-corrected chi connectivity index (χ2v) is 11.3. The number of anilines is 2. The van der Waals surface area contributed by atoms with Crippen LogP contribution < -0.4 is 14.9 Å². The molecule has 1 heterocycles. The van der Waals surface area contributed by atoms with Crippen LogP contribution in [0.5, 0.6) is 0 Å². The smallest absolute Gasteiger partial charge is 0.240 e. The highest BCUT2D eigenvalue weighted by molar-refractivity contribution is 7.89. The summed E-state index contributed by atoms with van der Waals surface area (Å²) in [6, 6.07) is 14.5. The van der Waals surface area contributed by atoms with E-state index < -0.39 is 10.0 Å². The SMILES string of the molecule is CCN(CC)c1nc(NCC2CCC(CNS(=O)(=O)c3cccc(Cl)c3)CC2)nc2ccccc12. The molecule has 0 spiro atoms. The monoisotopic (exact) mass is 515 g/mol. The molecular weight excluding hydrogens is 482 g/mol. The minimum Gasteiger partial charge on any atom is -0.356 e. The van der Waals surface area contributed by atoms with E-state index in [4.69, 9.17) is 21.6 Å². The summed E-state index contributed by atoms with van der Waals surface area (Å²) in [4.78, 5) is 12.1. The van der Waals surface area contributed by atoms with E-state index in [-0.39, 0.29) is 4.90 Å². The van der Waals surface area contributed by atoms with Gasteiger partial charge >= 0.3 is 0 Å². The molecule has 1 fully saturated rings. The topological polar surface area (TPSA) is 87.2 Å². The molecule has 3 aromatic rings. The zero-order chi connectivity index (χ0) is 24.8. The quantitative estimate of drug-likeness (QED) is 0.379. The maximum absolute atomic E-state index is 12.6. The van der Waals surface area contributed by atoms with Gasteiger partial charge in [0.25, 0.3) is 0 Å². The first-order chi connectivity index (χ1) is 16.9. The van der Waals surface area contributed by atoms with Crippen LogP contribution in [0.4, 0.5) is 11.8 Å². The fourth-order valence-electron chi connectivity index (χ4n) is 4.72. The molecule has 7 nitrogen and oxygen atoms in total. The number of fused-ring (bicyclic) bond motifs is 1. The van der Waals surface area contributed by atoms with Gasteiger partial charge in [-0.1, -0.05) is 29.8 Å². The summed E-state index contributed by atoms with van der Waals surface area (Å²) in [6.07, 6.45) is 4.08. The molecule has 0 atom stereocenters. The summed E-state index contributed by atoms with van der Waals surface area (Å²) in [5.74, 6) is 2.50. The molecule has 2 N–H and O–H groups in total. The van der Waals surface area contributed by atoms with Crippen molar-refractivity contribution >= 4 is 44.3 Å². The third-order valence-electron chi connectivity index (χ3n) is 6.83. The third-order valence-corrected chi connectivity index (χ3v) is 8.49. The van der Waals surface area contributed by atoms with Gasteiger partial charge in [-0.05, 0) is 81.7 Å². The lowest BCUT2D eigenvalue weighted by molar-refractivity contribution is 0.284. The molecule has 9 heteroatoms. The van der Waals surface area contributed by atoms with E-state index in [1.165, 1.54) is 6.07 Å². The first-order valence-electron chi connectivity index (χ1n) is 12.4. The lowest BCUT2D eigenvalue weighted by Gasteiger charge is -2.29. The number of benzene rings is 2. The minimum absolute atomic E-state index is 0.211. The summed E-state index contributed by atoms with van der Waals surface area (Å²) < 4.78 is 27.9. The first kappa shape index (κ1) is 25.7. The molecule has 1 saturated carbocycles. The molecule has 35 heavy (non-hydrogen) atoms. The Labute approximate surface area is 213 Å². The van der Waals surface area contributed by atoms with Crippen LogP contribution in [-0.2, 0) is 10.0 Å². The van der Waals surface area contributed by atoms with E-state index in [0.717, 1.165) is 62.0 Å². The number of hydrogen-bond donors (Lipinski definition) is 2. The summed E-state index contributed by atoms with van der Waals surface area (Å²) >= 11 is 5.95. The van der Waals surface area contributed by atoms with Gasteiger partial charge in [0.05, 0.1) is 10.4 Å². The van der Waals surface area contributed by atoms with Gasteiger partial charge in [-0.3, -0.25) is 0 Å². The molecule has 188 valence electrons. The molecule has 0 saturated heterocycles. The molecule has 1 aliphatic carbocycles. The number of hydrogen-bond acceptors (Lipinski definition) is 6. The van der Waals surface area contributed by atoms with Crippen molar-refractivity contribution in [2.45, 2.75) is 44.4 Å². The molecule has 1 aromatic heterocycles. The van der Waals surface area contributed by atoms with Crippen molar-refractivity contribution in [3.63, 3.8) is 0 Å². The second-order valence-electron chi connectivity index (χ2n) is 9.14. The lowest BCUT2D eigenvalue weighted by Crippen LogP contribution is -2.32. The van der Waals surface area contributed by atoms with Gasteiger partial charge in [-0.2, -0.15) is 4.98 Å². The van der Waals surface area contributed by atoms with Crippen molar-refractivity contribution in [3.8, 4) is 0 Å². The predicted molar refractivity (Wildman–Crippen MR) is 144 cm³/mol. The Hall–Kier alpha value is -2.42. The summed E-state index contributed by atoms with van der Waals surface area (Å²) in [5.41, 5.74) is 0.947. The van der Waals surface area contributed by atoms with Crippen LogP contribution in [0, 0.1) is 11.8 Å². The van der Waals surface area contributed by atoms with Crippen LogP contribution in [0.3, 0.4) is 0 Å². The van der Waals surface area contributed by atoms with Crippen LogP contribution in [0.2, 0.25) is 5.02 Å². The van der Waals surface area contributed by atoms with Crippen molar-refractivity contribution in [1.29, 1.82) is 0 Å². The molecule has 4 rings (SSSR count). The molecule has 0 unspecified atom stereocenters. The van der Waals surface area contributed by atoms with Gasteiger partial charge in [0, 0.05) is 36.6 Å². The van der Waals surface area contributed by atoms with Crippen molar-refractivity contribution in [1.82, 2.24) is 14.7 Å². The average molecular weight is 516 g/mol. The van der Waals surface area contributed by atoms with Gasteiger partial charge in [0.1, 0.15) is 5.82 Å². The highest BCUT2D eigenvalue weighted by Gasteiger charge is 2.24. The van der Waals surface area contributed by atoms with Crippen molar-refractivity contribution < 1.29 is 8.42 Å². The largest absolute Gasteiger partial charge is 0.356 e. The third kappa shape index (κ3) is 6.42. The van der Waals surface area contributed by atoms with Crippen LogP contribution in [-0.4, -0.2) is 44.6 Å². The lowest BCUT2D eigenvalue weighted by atomic mass is 9.82. The van der Waals surface area contributed by atoms with Gasteiger partial charge in [0.15, 0.2) is 0 Å². The predicted octanol–water partition coefficient (Wildman–Crippen LogP) is 5.33. The number of sulfonamides is 1. The zero-order valence-corrected chi connectivity index (χ0v) is 21.9. The first-order valence-corrected chi connectivity index (χ1v) is 14.3. The minimum atomic E-state index is -3.54. The fraction of sp³-hybridized carbons (Fsp3) is 0.462. The number of aromatic nitrogens is 2. The van der Waals surface area contributed by atoms with E-state index in [0.29, 0.717) is 29.4 Å². The number of halogens is 1. The maximum Gasteiger partial charge on any atom is 0.240 e. The van der Waals surface area contributed by atoms with Crippen molar-refractivity contribution in [3.05, 3.63) is 53.6 Å². The molecule has 2 aromatic carbocycles. The Morgan fingerprint density at radius 1 is 0.943 bits per heavy atom. The van der Waals surface area contributed by atoms with Crippen LogP contribution in [0.1, 0.15) is 39.5 Å². The normalized spacial score (nSPS) is 18.5. The summed E-state index contributed by atoms with van der Waals surface area (Å²) in [5, 5.41) is 4.96. The molecule has 0 radical (unpaired) electrons. The highest BCUT2D eigenvalue weighted by atomic mass is 35.5. The Morgan fingerprint density at radius 3 is 2.31 bits per heavy atom. The molecule has 0 bridgehead atoms. The van der Waals surface area contributed by atoms with Crippen LogP contribution >= 0.6 is 11.6 Å². The standard InChI is InChI=1S/C26H34ClN5O2S/c1-3-32(4-2)25-23-10-5-6-11-24(23)30-26(31-25)28-17-19-12-14-20(15-13-19)18-29-35(33,34)22-9-7-8-21(27)16-22/h5-11,16,19-20,29H,3-4,12-15,17-18H2,1-2H3,(H,28,30,31). The van der Waals surface area contributed by atoms with Gasteiger partial charge in [-0.25, -0.2) is 18.1 Å².